The molecule has 0 aliphatic rings. The summed E-state index contributed by atoms with van der Waals surface area (Å²) in [6.45, 7) is 0.617. The number of hydrogen-bond donors (Lipinski definition) is 3. The molecule has 2 rings (SSSR count). The zero-order valence-corrected chi connectivity index (χ0v) is 11.5. The maximum absolute atomic E-state index is 11.6. The Labute approximate surface area is 130 Å². The van der Waals surface area contributed by atoms with E-state index < -0.39 is 6.09 Å². The van der Waals surface area contributed by atoms with Gasteiger partial charge in [-0.05, 0) is 11.1 Å². The minimum Gasteiger partial charge on any atom is -0.444 e. The van der Waals surface area contributed by atoms with Crippen LogP contribution in [0.3, 0.4) is 0 Å². The monoisotopic (exact) mass is 299 g/mol. The van der Waals surface area contributed by atoms with Gasteiger partial charge in [0.25, 0.3) is 0 Å². The van der Waals surface area contributed by atoms with Crippen LogP contribution in [0.4, 0.5) is 4.79 Å². The van der Waals surface area contributed by atoms with Gasteiger partial charge in [0.15, 0.2) is 0 Å². The van der Waals surface area contributed by atoms with Gasteiger partial charge in [0.1, 0.15) is 12.4 Å². The van der Waals surface area contributed by atoms with Gasteiger partial charge in [0, 0.05) is 12.1 Å². The second kappa shape index (κ2) is 8.59. The molecule has 116 valence electrons. The van der Waals surface area contributed by atoms with E-state index in [1.54, 1.807) is 12.1 Å². The van der Waals surface area contributed by atoms with Crippen molar-refractivity contribution in [3.05, 3.63) is 71.3 Å². The molecule has 0 aliphatic carbocycles. The molecule has 0 bridgehead atoms. The lowest BCUT2D eigenvalue weighted by molar-refractivity contribution is 0.145. The number of nitrogens with one attached hydrogen (secondary N) is 2. The number of rotatable bonds is 4. The van der Waals surface area contributed by atoms with Crippen LogP contribution in [0.15, 0.2) is 54.6 Å². The quantitative estimate of drug-likeness (QED) is 0.599. The third-order valence-corrected chi connectivity index (χ3v) is 2.92. The summed E-state index contributed by atoms with van der Waals surface area (Å²) in [7, 11) is 0. The molecule has 0 fully saturated rings. The van der Waals surface area contributed by atoms with Crippen LogP contribution in [0.5, 0.6) is 0 Å². The summed E-state index contributed by atoms with van der Waals surface area (Å²) in [6, 6.07) is 16.5. The number of alkyl carbamates (subject to hydrolysis) is 1. The van der Waals surface area contributed by atoms with Crippen LogP contribution in [0.2, 0.25) is 0 Å². The minimum atomic E-state index is -0.647. The van der Waals surface area contributed by atoms with Gasteiger partial charge in [0.05, 0.1) is 0 Å². The molecule has 0 aromatic heterocycles. The van der Waals surface area contributed by atoms with Gasteiger partial charge in [-0.1, -0.05) is 62.0 Å². The molecule has 0 spiro atoms. The molecule has 0 saturated carbocycles. The van der Waals surface area contributed by atoms with Crippen molar-refractivity contribution in [2.75, 3.05) is 0 Å². The Hall–Kier alpha value is -2.66. The molecule has 5 heteroatoms. The standard InChI is InChI=1S/C16H17N3O2.CH4/c17-10-12-6-8-14(9-7-12)15(18)19-16(20)21-11-13-4-2-1-3-5-13;/h1-9H,10-11,17H2,(H2,18,19,20);1H4. The Morgan fingerprint density at radius 2 is 1.68 bits per heavy atom. The first kappa shape index (κ1) is 17.4. The number of carbonyl (C=O) groups excluding carboxylic acids is 1. The Morgan fingerprint density at radius 1 is 1.05 bits per heavy atom. The molecule has 22 heavy (non-hydrogen) atoms. The lowest BCUT2D eigenvalue weighted by Gasteiger charge is -2.08. The Bertz CT molecular complexity index is 610. The molecular formula is C17H21N3O2. The van der Waals surface area contributed by atoms with Crippen LogP contribution in [-0.4, -0.2) is 11.9 Å². The number of nitrogens with two attached hydrogens (primary N) is 1. The van der Waals surface area contributed by atoms with Gasteiger partial charge in [-0.3, -0.25) is 10.7 Å². The SMILES string of the molecule is C.N=C(NC(=O)OCc1ccccc1)c1ccc(CN)cc1. The van der Waals surface area contributed by atoms with E-state index in [1.165, 1.54) is 0 Å². The van der Waals surface area contributed by atoms with E-state index >= 15 is 0 Å². The Morgan fingerprint density at radius 3 is 2.27 bits per heavy atom. The fraction of sp³-hybridized carbons (Fsp3) is 0.176. The average molecular weight is 299 g/mol. The molecule has 0 aliphatic heterocycles. The largest absolute Gasteiger partial charge is 0.444 e. The smallest absolute Gasteiger partial charge is 0.413 e. The van der Waals surface area contributed by atoms with Crippen molar-refractivity contribution in [2.24, 2.45) is 5.73 Å². The number of benzene rings is 2. The molecule has 1 amide bonds. The summed E-state index contributed by atoms with van der Waals surface area (Å²) < 4.78 is 5.05. The van der Waals surface area contributed by atoms with E-state index in [2.05, 4.69) is 5.32 Å². The maximum atomic E-state index is 11.6. The van der Waals surface area contributed by atoms with Crippen molar-refractivity contribution in [3.8, 4) is 0 Å². The highest BCUT2D eigenvalue weighted by atomic mass is 16.5. The Balaban J connectivity index is 0.00000242. The fourth-order valence-electron chi connectivity index (χ4n) is 1.74. The van der Waals surface area contributed by atoms with E-state index in [9.17, 15) is 4.79 Å². The summed E-state index contributed by atoms with van der Waals surface area (Å²) in [5.74, 6) is -0.00312. The first-order valence-corrected chi connectivity index (χ1v) is 6.54. The third kappa shape index (κ3) is 5.03. The molecule has 0 heterocycles. The summed E-state index contributed by atoms with van der Waals surface area (Å²) in [5.41, 5.74) is 7.97. The van der Waals surface area contributed by atoms with E-state index in [0.717, 1.165) is 11.1 Å². The zero-order valence-electron chi connectivity index (χ0n) is 11.5. The van der Waals surface area contributed by atoms with Gasteiger partial charge in [-0.2, -0.15) is 0 Å². The van der Waals surface area contributed by atoms with Gasteiger partial charge < -0.3 is 10.5 Å². The number of hydrogen-bond acceptors (Lipinski definition) is 4. The minimum absolute atomic E-state index is 0. The molecule has 0 radical (unpaired) electrons. The molecule has 4 N–H and O–H groups in total. The van der Waals surface area contributed by atoms with Crippen LogP contribution < -0.4 is 11.1 Å². The van der Waals surface area contributed by atoms with Gasteiger partial charge >= 0.3 is 6.09 Å². The number of amides is 1. The second-order valence-electron chi connectivity index (χ2n) is 4.46. The second-order valence-corrected chi connectivity index (χ2v) is 4.46. The summed E-state index contributed by atoms with van der Waals surface area (Å²) in [6.07, 6.45) is -0.647. The van der Waals surface area contributed by atoms with Crippen LogP contribution in [0, 0.1) is 5.41 Å². The number of ether oxygens (including phenoxy) is 1. The predicted molar refractivity (Wildman–Crippen MR) is 87.7 cm³/mol. The van der Waals surface area contributed by atoms with Crippen LogP contribution in [-0.2, 0) is 17.9 Å². The maximum Gasteiger partial charge on any atom is 0.413 e. The highest BCUT2D eigenvalue weighted by Gasteiger charge is 2.08. The molecule has 0 unspecified atom stereocenters. The van der Waals surface area contributed by atoms with Gasteiger partial charge in [-0.15, -0.1) is 0 Å². The molecule has 2 aromatic carbocycles. The number of carbonyl (C=O) groups is 1. The average Bonchev–Trinajstić information content (AvgIpc) is 2.54. The van der Waals surface area contributed by atoms with Crippen LogP contribution in [0.25, 0.3) is 0 Å². The first-order valence-electron chi connectivity index (χ1n) is 6.54. The third-order valence-electron chi connectivity index (χ3n) is 2.92. The summed E-state index contributed by atoms with van der Waals surface area (Å²) >= 11 is 0. The highest BCUT2D eigenvalue weighted by Crippen LogP contribution is 2.04. The molecular weight excluding hydrogens is 278 g/mol. The number of amidine groups is 1. The zero-order chi connectivity index (χ0) is 15.1. The molecule has 5 nitrogen and oxygen atoms in total. The lowest BCUT2D eigenvalue weighted by Crippen LogP contribution is -2.31. The first-order chi connectivity index (χ1) is 10.2. The van der Waals surface area contributed by atoms with E-state index in [-0.39, 0.29) is 19.9 Å². The summed E-state index contributed by atoms with van der Waals surface area (Å²) in [5, 5.41) is 10.2. The summed E-state index contributed by atoms with van der Waals surface area (Å²) in [4.78, 5) is 11.6. The van der Waals surface area contributed by atoms with Crippen LogP contribution >= 0.6 is 0 Å². The van der Waals surface area contributed by atoms with Crippen molar-refractivity contribution in [1.29, 1.82) is 5.41 Å². The Kier molecular flexibility index (Phi) is 6.79. The van der Waals surface area contributed by atoms with Crippen molar-refractivity contribution in [3.63, 3.8) is 0 Å². The van der Waals surface area contributed by atoms with Crippen molar-refractivity contribution in [2.45, 2.75) is 20.6 Å². The topological polar surface area (TPSA) is 88.2 Å². The van der Waals surface area contributed by atoms with Crippen LogP contribution in [0.1, 0.15) is 24.1 Å². The van der Waals surface area contributed by atoms with Gasteiger partial charge in [-0.25, -0.2) is 4.79 Å². The lowest BCUT2D eigenvalue weighted by atomic mass is 10.1. The fourth-order valence-corrected chi connectivity index (χ4v) is 1.74. The highest BCUT2D eigenvalue weighted by molar-refractivity contribution is 6.04. The normalized spacial score (nSPS) is 9.50. The molecule has 0 saturated heterocycles. The van der Waals surface area contributed by atoms with Gasteiger partial charge in [0.2, 0.25) is 0 Å². The van der Waals surface area contributed by atoms with Crippen molar-refractivity contribution < 1.29 is 9.53 Å². The predicted octanol–water partition coefficient (Wildman–Crippen LogP) is 3.03. The van der Waals surface area contributed by atoms with E-state index in [1.807, 2.05) is 42.5 Å². The van der Waals surface area contributed by atoms with Crippen molar-refractivity contribution in [1.82, 2.24) is 5.32 Å². The molecule has 0 atom stereocenters. The molecule has 2 aromatic rings. The van der Waals surface area contributed by atoms with Crippen molar-refractivity contribution >= 4 is 11.9 Å². The van der Waals surface area contributed by atoms with E-state index in [0.29, 0.717) is 12.1 Å². The van der Waals surface area contributed by atoms with E-state index in [4.69, 9.17) is 15.9 Å².